The fourth-order valence-corrected chi connectivity index (χ4v) is 6.44. The number of alkyl carbamates (subject to hydrolysis) is 1. The number of nitrogens with one attached hydrogen (secondary N) is 1. The van der Waals surface area contributed by atoms with E-state index >= 15 is 0 Å². The Morgan fingerprint density at radius 3 is 2.17 bits per heavy atom. The van der Waals surface area contributed by atoms with Gasteiger partial charge in [0.2, 0.25) is 5.91 Å². The van der Waals surface area contributed by atoms with E-state index in [2.05, 4.69) is 34.5 Å². The number of aliphatic carboxylic acids is 1. The molecule has 2 N–H and O–H groups in total. The second kappa shape index (κ2) is 10.8. The summed E-state index contributed by atoms with van der Waals surface area (Å²) in [4.78, 5) is 42.0. The van der Waals surface area contributed by atoms with E-state index in [4.69, 9.17) is 9.84 Å². The minimum atomic E-state index is -1.12. The molecule has 1 unspecified atom stereocenters. The van der Waals surface area contributed by atoms with Gasteiger partial charge in [0, 0.05) is 44.6 Å². The number of hydrogen-bond donors (Lipinski definition) is 2. The van der Waals surface area contributed by atoms with Gasteiger partial charge in [-0.15, -0.1) is 0 Å². The van der Waals surface area contributed by atoms with Crippen LogP contribution in [-0.4, -0.2) is 71.2 Å². The van der Waals surface area contributed by atoms with Gasteiger partial charge >= 0.3 is 12.1 Å². The topological polar surface area (TPSA) is 99.2 Å². The number of carbonyl (C=O) groups excluding carboxylic acids is 2. The molecular weight excluding hydrogens is 506 g/mol. The van der Waals surface area contributed by atoms with E-state index in [1.165, 1.54) is 0 Å². The number of carboxylic acids is 1. The lowest BCUT2D eigenvalue weighted by Crippen LogP contribution is -2.65. The Hall–Kier alpha value is -4.17. The Labute approximate surface area is 233 Å². The first-order chi connectivity index (χ1) is 19.4. The summed E-state index contributed by atoms with van der Waals surface area (Å²) >= 11 is 0. The van der Waals surface area contributed by atoms with E-state index in [9.17, 15) is 14.4 Å². The molecule has 2 saturated heterocycles. The Morgan fingerprint density at radius 2 is 1.52 bits per heavy atom. The fraction of sp³-hybridized carbons (Fsp3) is 0.344. The van der Waals surface area contributed by atoms with Crippen molar-refractivity contribution in [2.24, 2.45) is 5.92 Å². The van der Waals surface area contributed by atoms with Crippen molar-refractivity contribution >= 4 is 18.0 Å². The number of rotatable bonds is 8. The third kappa shape index (κ3) is 5.07. The third-order valence-electron chi connectivity index (χ3n) is 8.40. The van der Waals surface area contributed by atoms with Gasteiger partial charge in [-0.25, -0.2) is 4.79 Å². The Kier molecular flexibility index (Phi) is 7.02. The lowest BCUT2D eigenvalue weighted by molar-refractivity contribution is -0.149. The van der Waals surface area contributed by atoms with Crippen LogP contribution in [0, 0.1) is 5.92 Å². The van der Waals surface area contributed by atoms with Crippen LogP contribution in [0.25, 0.3) is 11.1 Å². The lowest BCUT2D eigenvalue weighted by atomic mass is 9.90. The molecule has 2 heterocycles. The van der Waals surface area contributed by atoms with Crippen LogP contribution in [0.4, 0.5) is 4.79 Å². The van der Waals surface area contributed by atoms with E-state index in [1.807, 2.05) is 54.6 Å². The number of amides is 2. The molecular formula is C32H33N3O5. The molecule has 6 rings (SSSR count). The molecule has 3 aromatic rings. The van der Waals surface area contributed by atoms with Crippen molar-refractivity contribution in [3.05, 3.63) is 95.6 Å². The minimum Gasteiger partial charge on any atom is -0.481 e. The highest BCUT2D eigenvalue weighted by Crippen LogP contribution is 2.44. The van der Waals surface area contributed by atoms with Gasteiger partial charge < -0.3 is 20.1 Å². The van der Waals surface area contributed by atoms with Crippen molar-refractivity contribution in [3.63, 3.8) is 0 Å². The third-order valence-corrected chi connectivity index (χ3v) is 8.40. The summed E-state index contributed by atoms with van der Waals surface area (Å²) in [6.07, 6.45) is -0.112. The standard InChI is InChI=1S/C32H33N3O5/c36-29(37)16-23-18-35(19-23)30(38)32(14-15-34(21-32)17-22-8-2-1-3-9-22)33-31(39)40-20-28-26-12-6-4-10-24(26)25-11-5-7-13-27(25)28/h1-13,23,28H,14-21H2,(H,33,39)(H,36,37). The van der Waals surface area contributed by atoms with Crippen LogP contribution in [0.2, 0.25) is 0 Å². The molecule has 2 fully saturated rings. The van der Waals surface area contributed by atoms with E-state index < -0.39 is 17.6 Å². The summed E-state index contributed by atoms with van der Waals surface area (Å²) in [6.45, 7) is 2.63. The maximum atomic E-state index is 13.8. The van der Waals surface area contributed by atoms with Gasteiger partial charge in [-0.05, 0) is 34.2 Å². The predicted molar refractivity (Wildman–Crippen MR) is 150 cm³/mol. The van der Waals surface area contributed by atoms with Gasteiger partial charge in [0.25, 0.3) is 0 Å². The summed E-state index contributed by atoms with van der Waals surface area (Å²) in [5.41, 5.74) is 4.58. The molecule has 8 nitrogen and oxygen atoms in total. The number of hydrogen-bond acceptors (Lipinski definition) is 5. The smallest absolute Gasteiger partial charge is 0.408 e. The van der Waals surface area contributed by atoms with Crippen molar-refractivity contribution in [1.29, 1.82) is 0 Å². The average molecular weight is 540 g/mol. The predicted octanol–water partition coefficient (Wildman–Crippen LogP) is 4.10. The molecule has 1 aliphatic carbocycles. The van der Waals surface area contributed by atoms with Crippen molar-refractivity contribution in [3.8, 4) is 11.1 Å². The second-order valence-corrected chi connectivity index (χ2v) is 11.2. The van der Waals surface area contributed by atoms with Crippen LogP contribution in [0.3, 0.4) is 0 Å². The molecule has 0 saturated carbocycles. The molecule has 40 heavy (non-hydrogen) atoms. The average Bonchev–Trinajstić information content (AvgIpc) is 3.48. The van der Waals surface area contributed by atoms with E-state index in [-0.39, 0.29) is 30.8 Å². The Morgan fingerprint density at radius 1 is 0.900 bits per heavy atom. The van der Waals surface area contributed by atoms with Crippen LogP contribution in [0.15, 0.2) is 78.9 Å². The van der Waals surface area contributed by atoms with Crippen LogP contribution >= 0.6 is 0 Å². The van der Waals surface area contributed by atoms with E-state index in [1.54, 1.807) is 4.90 Å². The van der Waals surface area contributed by atoms with Crippen LogP contribution in [0.1, 0.15) is 35.4 Å². The summed E-state index contributed by atoms with van der Waals surface area (Å²) in [5.74, 6) is -1.17. The molecule has 206 valence electrons. The van der Waals surface area contributed by atoms with Gasteiger partial charge in [-0.1, -0.05) is 78.9 Å². The van der Waals surface area contributed by atoms with Crippen LogP contribution in [-0.2, 0) is 20.9 Å². The van der Waals surface area contributed by atoms with Gasteiger partial charge in [-0.2, -0.15) is 0 Å². The number of carboxylic acid groups (broad SMARTS) is 1. The summed E-state index contributed by atoms with van der Waals surface area (Å²) < 4.78 is 5.82. The zero-order valence-electron chi connectivity index (χ0n) is 22.3. The molecule has 2 amide bonds. The SMILES string of the molecule is O=C(O)CC1CN(C(=O)C2(NC(=O)OCC3c4ccccc4-c4ccccc43)CCN(Cc3ccccc3)C2)C1. The highest BCUT2D eigenvalue weighted by atomic mass is 16.5. The molecule has 0 spiro atoms. The first kappa shape index (κ1) is 26.1. The van der Waals surface area contributed by atoms with Crippen molar-refractivity contribution in [2.45, 2.75) is 30.8 Å². The first-order valence-electron chi connectivity index (χ1n) is 13.8. The van der Waals surface area contributed by atoms with Crippen LogP contribution < -0.4 is 5.32 Å². The van der Waals surface area contributed by atoms with Gasteiger partial charge in [0.05, 0.1) is 6.42 Å². The summed E-state index contributed by atoms with van der Waals surface area (Å²) in [5, 5.41) is 12.1. The highest BCUT2D eigenvalue weighted by molar-refractivity contribution is 5.91. The quantitative estimate of drug-likeness (QED) is 0.447. The molecule has 1 atom stereocenters. The number of ether oxygens (including phenoxy) is 1. The Balaban J connectivity index is 1.16. The molecule has 3 aliphatic rings. The minimum absolute atomic E-state index is 0.0384. The largest absolute Gasteiger partial charge is 0.481 e. The number of benzene rings is 3. The zero-order valence-corrected chi connectivity index (χ0v) is 22.3. The normalized spacial score (nSPS) is 20.4. The molecule has 3 aromatic carbocycles. The zero-order chi connectivity index (χ0) is 27.7. The molecule has 2 aliphatic heterocycles. The maximum Gasteiger partial charge on any atom is 0.408 e. The van der Waals surface area contributed by atoms with Crippen molar-refractivity contribution < 1.29 is 24.2 Å². The second-order valence-electron chi connectivity index (χ2n) is 11.2. The van der Waals surface area contributed by atoms with E-state index in [0.29, 0.717) is 39.1 Å². The van der Waals surface area contributed by atoms with Gasteiger partial charge in [-0.3, -0.25) is 14.5 Å². The summed E-state index contributed by atoms with van der Waals surface area (Å²) in [6, 6.07) is 26.4. The number of nitrogens with zero attached hydrogens (tertiary/aromatic N) is 2. The molecule has 0 aromatic heterocycles. The number of carbonyl (C=O) groups is 3. The molecule has 0 bridgehead atoms. The van der Waals surface area contributed by atoms with E-state index in [0.717, 1.165) is 27.8 Å². The number of likely N-dealkylation sites (tertiary alicyclic amines) is 2. The fourth-order valence-electron chi connectivity index (χ4n) is 6.44. The van der Waals surface area contributed by atoms with Gasteiger partial charge in [0.1, 0.15) is 12.1 Å². The van der Waals surface area contributed by atoms with Gasteiger partial charge in [0.15, 0.2) is 0 Å². The highest BCUT2D eigenvalue weighted by Gasteiger charge is 2.50. The monoisotopic (exact) mass is 539 g/mol. The Bertz CT molecular complexity index is 1380. The maximum absolute atomic E-state index is 13.8. The lowest BCUT2D eigenvalue weighted by Gasteiger charge is -2.43. The van der Waals surface area contributed by atoms with Crippen LogP contribution in [0.5, 0.6) is 0 Å². The molecule has 0 radical (unpaired) electrons. The number of fused-ring (bicyclic) bond motifs is 3. The first-order valence-corrected chi connectivity index (χ1v) is 13.8. The van der Waals surface area contributed by atoms with Crippen molar-refractivity contribution in [1.82, 2.24) is 15.1 Å². The molecule has 8 heteroatoms. The summed E-state index contributed by atoms with van der Waals surface area (Å²) in [7, 11) is 0. The van der Waals surface area contributed by atoms with Crippen molar-refractivity contribution in [2.75, 3.05) is 32.8 Å².